The van der Waals surface area contributed by atoms with E-state index in [1.807, 2.05) is 18.7 Å². The SMILES string of the molecule is Cc1ccc(C)c(SC[C@H](C)N)c1. The van der Waals surface area contributed by atoms with Gasteiger partial charge < -0.3 is 5.73 Å². The Labute approximate surface area is 84.7 Å². The van der Waals surface area contributed by atoms with Crippen molar-refractivity contribution < 1.29 is 0 Å². The summed E-state index contributed by atoms with van der Waals surface area (Å²) < 4.78 is 0. The molecule has 1 aromatic rings. The molecule has 1 atom stereocenters. The Morgan fingerprint density at radius 1 is 1.38 bits per heavy atom. The molecule has 0 aliphatic rings. The number of aryl methyl sites for hydroxylation is 2. The molecule has 13 heavy (non-hydrogen) atoms. The lowest BCUT2D eigenvalue weighted by Gasteiger charge is -2.08. The van der Waals surface area contributed by atoms with E-state index in [-0.39, 0.29) is 6.04 Å². The van der Waals surface area contributed by atoms with Crippen LogP contribution < -0.4 is 5.73 Å². The van der Waals surface area contributed by atoms with E-state index in [1.165, 1.54) is 16.0 Å². The highest BCUT2D eigenvalue weighted by molar-refractivity contribution is 7.99. The molecule has 0 aliphatic heterocycles. The lowest BCUT2D eigenvalue weighted by Crippen LogP contribution is -2.17. The molecule has 1 aromatic carbocycles. The van der Waals surface area contributed by atoms with Crippen molar-refractivity contribution in [3.8, 4) is 0 Å². The van der Waals surface area contributed by atoms with Crippen LogP contribution in [0.1, 0.15) is 18.1 Å². The van der Waals surface area contributed by atoms with Crippen LogP contribution in [0.4, 0.5) is 0 Å². The van der Waals surface area contributed by atoms with Gasteiger partial charge in [0.1, 0.15) is 0 Å². The van der Waals surface area contributed by atoms with Gasteiger partial charge in [0.25, 0.3) is 0 Å². The first-order chi connectivity index (χ1) is 6.09. The molecular formula is C11H17NS. The Balaban J connectivity index is 2.70. The van der Waals surface area contributed by atoms with Crippen molar-refractivity contribution in [3.63, 3.8) is 0 Å². The van der Waals surface area contributed by atoms with Gasteiger partial charge in [-0.3, -0.25) is 0 Å². The van der Waals surface area contributed by atoms with Crippen molar-refractivity contribution in [1.29, 1.82) is 0 Å². The van der Waals surface area contributed by atoms with E-state index in [0.717, 1.165) is 5.75 Å². The van der Waals surface area contributed by atoms with Gasteiger partial charge in [0, 0.05) is 16.7 Å². The summed E-state index contributed by atoms with van der Waals surface area (Å²) in [5.41, 5.74) is 8.37. The maximum atomic E-state index is 5.71. The Hall–Kier alpha value is -0.470. The minimum absolute atomic E-state index is 0.268. The van der Waals surface area contributed by atoms with E-state index in [9.17, 15) is 0 Å². The second-order valence-corrected chi connectivity index (χ2v) is 4.62. The summed E-state index contributed by atoms with van der Waals surface area (Å²) in [5, 5.41) is 0. The zero-order valence-electron chi connectivity index (χ0n) is 8.50. The molecule has 0 aliphatic carbocycles. The van der Waals surface area contributed by atoms with Gasteiger partial charge in [-0.05, 0) is 32.4 Å². The van der Waals surface area contributed by atoms with Gasteiger partial charge in [0.05, 0.1) is 0 Å². The van der Waals surface area contributed by atoms with E-state index in [2.05, 4.69) is 32.0 Å². The topological polar surface area (TPSA) is 26.0 Å². The molecule has 0 saturated carbocycles. The summed E-state index contributed by atoms with van der Waals surface area (Å²) in [7, 11) is 0. The molecular weight excluding hydrogens is 178 g/mol. The van der Waals surface area contributed by atoms with Crippen LogP contribution in [0, 0.1) is 13.8 Å². The summed E-state index contributed by atoms with van der Waals surface area (Å²) in [5.74, 6) is 0.990. The van der Waals surface area contributed by atoms with Crippen molar-refractivity contribution in [2.75, 3.05) is 5.75 Å². The molecule has 2 heteroatoms. The zero-order valence-corrected chi connectivity index (χ0v) is 9.32. The fourth-order valence-corrected chi connectivity index (χ4v) is 2.09. The molecule has 0 radical (unpaired) electrons. The van der Waals surface area contributed by atoms with Crippen molar-refractivity contribution in [1.82, 2.24) is 0 Å². The monoisotopic (exact) mass is 195 g/mol. The summed E-state index contributed by atoms with van der Waals surface area (Å²) in [6.07, 6.45) is 0. The van der Waals surface area contributed by atoms with Crippen LogP contribution in [0.2, 0.25) is 0 Å². The van der Waals surface area contributed by atoms with E-state index in [0.29, 0.717) is 0 Å². The van der Waals surface area contributed by atoms with Gasteiger partial charge in [0.15, 0.2) is 0 Å². The van der Waals surface area contributed by atoms with Crippen LogP contribution in [0.25, 0.3) is 0 Å². The summed E-state index contributed by atoms with van der Waals surface area (Å²) in [4.78, 5) is 1.36. The largest absolute Gasteiger partial charge is 0.327 e. The second kappa shape index (κ2) is 4.68. The van der Waals surface area contributed by atoms with Crippen molar-refractivity contribution in [2.24, 2.45) is 5.73 Å². The van der Waals surface area contributed by atoms with Crippen LogP contribution in [0.3, 0.4) is 0 Å². The predicted octanol–water partition coefficient (Wildman–Crippen LogP) is 2.74. The maximum absolute atomic E-state index is 5.71. The van der Waals surface area contributed by atoms with Crippen molar-refractivity contribution in [2.45, 2.75) is 31.7 Å². The lowest BCUT2D eigenvalue weighted by atomic mass is 10.2. The highest BCUT2D eigenvalue weighted by Crippen LogP contribution is 2.23. The molecule has 0 amide bonds. The first-order valence-corrected chi connectivity index (χ1v) is 5.54. The molecule has 2 N–H and O–H groups in total. The minimum atomic E-state index is 0.268. The smallest absolute Gasteiger partial charge is 0.0130 e. The quantitative estimate of drug-likeness (QED) is 0.750. The summed E-state index contributed by atoms with van der Waals surface area (Å²) in [6, 6.07) is 6.80. The average molecular weight is 195 g/mol. The minimum Gasteiger partial charge on any atom is -0.327 e. The highest BCUT2D eigenvalue weighted by atomic mass is 32.2. The third kappa shape index (κ3) is 3.41. The van der Waals surface area contributed by atoms with Gasteiger partial charge >= 0.3 is 0 Å². The summed E-state index contributed by atoms with van der Waals surface area (Å²) >= 11 is 1.84. The molecule has 0 fully saturated rings. The molecule has 1 nitrogen and oxygen atoms in total. The first kappa shape index (κ1) is 10.6. The van der Waals surface area contributed by atoms with E-state index in [4.69, 9.17) is 5.73 Å². The molecule has 0 heterocycles. The average Bonchev–Trinajstić information content (AvgIpc) is 2.06. The van der Waals surface area contributed by atoms with Crippen LogP contribution in [-0.4, -0.2) is 11.8 Å². The Morgan fingerprint density at radius 3 is 2.69 bits per heavy atom. The Morgan fingerprint density at radius 2 is 2.08 bits per heavy atom. The van der Waals surface area contributed by atoms with E-state index < -0.39 is 0 Å². The lowest BCUT2D eigenvalue weighted by molar-refractivity contribution is 0.847. The molecule has 0 spiro atoms. The van der Waals surface area contributed by atoms with Crippen LogP contribution >= 0.6 is 11.8 Å². The standard InChI is InChI=1S/C11H17NS/c1-8-4-5-9(2)11(6-8)13-7-10(3)12/h4-6,10H,7,12H2,1-3H3/t10-/m0/s1. The van der Waals surface area contributed by atoms with E-state index >= 15 is 0 Å². The number of nitrogens with two attached hydrogens (primary N) is 1. The fraction of sp³-hybridized carbons (Fsp3) is 0.455. The number of hydrogen-bond donors (Lipinski definition) is 1. The molecule has 0 bridgehead atoms. The number of rotatable bonds is 3. The number of hydrogen-bond acceptors (Lipinski definition) is 2. The molecule has 0 aromatic heterocycles. The van der Waals surface area contributed by atoms with E-state index in [1.54, 1.807) is 0 Å². The molecule has 72 valence electrons. The second-order valence-electron chi connectivity index (χ2n) is 3.56. The van der Waals surface area contributed by atoms with Crippen LogP contribution in [0.5, 0.6) is 0 Å². The fourth-order valence-electron chi connectivity index (χ4n) is 1.08. The van der Waals surface area contributed by atoms with Gasteiger partial charge in [0.2, 0.25) is 0 Å². The van der Waals surface area contributed by atoms with Crippen molar-refractivity contribution >= 4 is 11.8 Å². The highest BCUT2D eigenvalue weighted by Gasteiger charge is 2.01. The maximum Gasteiger partial charge on any atom is 0.0130 e. The molecule has 0 saturated heterocycles. The predicted molar refractivity (Wildman–Crippen MR) is 60.3 cm³/mol. The summed E-state index contributed by atoms with van der Waals surface area (Å²) in [6.45, 7) is 6.30. The normalized spacial score (nSPS) is 12.9. The first-order valence-electron chi connectivity index (χ1n) is 4.55. The third-order valence-corrected chi connectivity index (χ3v) is 3.29. The van der Waals surface area contributed by atoms with Gasteiger partial charge in [-0.2, -0.15) is 0 Å². The number of benzene rings is 1. The van der Waals surface area contributed by atoms with Gasteiger partial charge in [-0.1, -0.05) is 17.7 Å². The van der Waals surface area contributed by atoms with Crippen molar-refractivity contribution in [3.05, 3.63) is 29.3 Å². The van der Waals surface area contributed by atoms with Gasteiger partial charge in [-0.25, -0.2) is 0 Å². The van der Waals surface area contributed by atoms with Gasteiger partial charge in [-0.15, -0.1) is 11.8 Å². The number of thioether (sulfide) groups is 1. The molecule has 1 rings (SSSR count). The third-order valence-electron chi connectivity index (χ3n) is 1.85. The zero-order chi connectivity index (χ0) is 9.84. The Bertz CT molecular complexity index is 281. The van der Waals surface area contributed by atoms with Crippen LogP contribution in [-0.2, 0) is 0 Å². The van der Waals surface area contributed by atoms with Crippen LogP contribution in [0.15, 0.2) is 23.1 Å². The molecule has 0 unspecified atom stereocenters. The Kier molecular flexibility index (Phi) is 3.82.